The highest BCUT2D eigenvalue weighted by molar-refractivity contribution is 9.10. The van der Waals surface area contributed by atoms with Crippen molar-refractivity contribution in [2.75, 3.05) is 7.05 Å². The van der Waals surface area contributed by atoms with Gasteiger partial charge in [-0.3, -0.25) is 4.68 Å². The number of hydrogen-bond donors (Lipinski definition) is 2. The molecule has 0 saturated heterocycles. The molecule has 0 aliphatic heterocycles. The minimum Gasteiger partial charge on any atom is -0.366 e. The molecule has 0 saturated carbocycles. The summed E-state index contributed by atoms with van der Waals surface area (Å²) in [5.41, 5.74) is 1.07. The summed E-state index contributed by atoms with van der Waals surface area (Å²) in [6.45, 7) is 0.663. The molecule has 0 aromatic carbocycles. The van der Waals surface area contributed by atoms with Gasteiger partial charge in [-0.2, -0.15) is 5.10 Å². The van der Waals surface area contributed by atoms with Gasteiger partial charge in [-0.1, -0.05) is 0 Å². The molecule has 1 rings (SSSR count). The molecule has 0 fully saturated rings. The molecule has 1 aromatic heterocycles. The first kappa shape index (κ1) is 10.5. The highest BCUT2D eigenvalue weighted by Gasteiger charge is 2.05. The van der Waals surface area contributed by atoms with E-state index in [1.165, 1.54) is 0 Å². The summed E-state index contributed by atoms with van der Waals surface area (Å²) in [7, 11) is 3.68. The summed E-state index contributed by atoms with van der Waals surface area (Å²) in [5.74, 6) is 0. The number of aromatic nitrogens is 2. The van der Waals surface area contributed by atoms with Crippen LogP contribution in [0.25, 0.3) is 0 Å². The van der Waals surface area contributed by atoms with Crippen molar-refractivity contribution in [1.82, 2.24) is 20.4 Å². The van der Waals surface area contributed by atoms with E-state index in [2.05, 4.69) is 31.7 Å². The Hall–Kier alpha value is -0.620. The third-order valence-corrected chi connectivity index (χ3v) is 2.66. The second kappa shape index (κ2) is 4.57. The summed E-state index contributed by atoms with van der Waals surface area (Å²) >= 11 is 8.35. The van der Waals surface area contributed by atoms with Crippen LogP contribution in [0.5, 0.6) is 0 Å². The summed E-state index contributed by atoms with van der Waals surface area (Å²) in [6.07, 6.45) is 1.76. The number of nitrogens with one attached hydrogen (secondary N) is 2. The molecule has 0 unspecified atom stereocenters. The molecule has 0 atom stereocenters. The van der Waals surface area contributed by atoms with Crippen molar-refractivity contribution in [1.29, 1.82) is 0 Å². The predicted octanol–water partition coefficient (Wildman–Crippen LogP) is 0.776. The van der Waals surface area contributed by atoms with E-state index in [0.717, 1.165) is 10.2 Å². The van der Waals surface area contributed by atoms with Gasteiger partial charge < -0.3 is 10.6 Å². The molecule has 0 aliphatic carbocycles. The maximum Gasteiger partial charge on any atom is 0.166 e. The lowest BCUT2D eigenvalue weighted by atomic mass is 10.4. The van der Waals surface area contributed by atoms with Crippen LogP contribution in [0.4, 0.5) is 0 Å². The van der Waals surface area contributed by atoms with Gasteiger partial charge in [-0.05, 0) is 28.1 Å². The van der Waals surface area contributed by atoms with E-state index in [1.807, 2.05) is 7.05 Å². The van der Waals surface area contributed by atoms with E-state index in [0.29, 0.717) is 11.7 Å². The molecular weight excluding hydrogens is 252 g/mol. The standard InChI is InChI=1S/C7H11BrN4S/c1-9-7(13)10-4-6-5(8)3-11-12(6)2/h3H,4H2,1-2H3,(H2,9,10,13). The smallest absolute Gasteiger partial charge is 0.166 e. The van der Waals surface area contributed by atoms with Crippen molar-refractivity contribution in [2.45, 2.75) is 6.54 Å². The average molecular weight is 263 g/mol. The van der Waals surface area contributed by atoms with E-state index < -0.39 is 0 Å². The number of nitrogens with zero attached hydrogens (tertiary/aromatic N) is 2. The average Bonchev–Trinajstić information content (AvgIpc) is 2.43. The van der Waals surface area contributed by atoms with E-state index in [-0.39, 0.29) is 0 Å². The summed E-state index contributed by atoms with van der Waals surface area (Å²) < 4.78 is 2.79. The highest BCUT2D eigenvalue weighted by atomic mass is 79.9. The molecule has 1 heterocycles. The van der Waals surface area contributed by atoms with Crippen LogP contribution >= 0.6 is 28.1 Å². The molecule has 2 N–H and O–H groups in total. The fraction of sp³-hybridized carbons (Fsp3) is 0.429. The van der Waals surface area contributed by atoms with Gasteiger partial charge in [0.05, 0.1) is 22.9 Å². The van der Waals surface area contributed by atoms with Crippen LogP contribution < -0.4 is 10.6 Å². The second-order valence-corrected chi connectivity index (χ2v) is 3.76. The minimum absolute atomic E-state index is 0.633. The van der Waals surface area contributed by atoms with Crippen molar-refractivity contribution in [3.8, 4) is 0 Å². The molecule has 0 bridgehead atoms. The topological polar surface area (TPSA) is 41.9 Å². The maximum atomic E-state index is 4.95. The molecule has 0 spiro atoms. The summed E-state index contributed by atoms with van der Waals surface area (Å²) in [4.78, 5) is 0. The Morgan fingerprint density at radius 1 is 1.77 bits per heavy atom. The van der Waals surface area contributed by atoms with Crippen molar-refractivity contribution < 1.29 is 0 Å². The predicted molar refractivity (Wildman–Crippen MR) is 59.4 cm³/mol. The number of rotatable bonds is 2. The van der Waals surface area contributed by atoms with Crippen molar-refractivity contribution >= 4 is 33.3 Å². The van der Waals surface area contributed by atoms with Crippen LogP contribution in [0, 0.1) is 0 Å². The molecule has 1 aromatic rings. The van der Waals surface area contributed by atoms with Crippen LogP contribution in [-0.2, 0) is 13.6 Å². The summed E-state index contributed by atoms with van der Waals surface area (Å²) in [6, 6.07) is 0. The molecule has 0 amide bonds. The zero-order valence-electron chi connectivity index (χ0n) is 7.47. The van der Waals surface area contributed by atoms with E-state index in [4.69, 9.17) is 12.2 Å². The van der Waals surface area contributed by atoms with Crippen LogP contribution in [-0.4, -0.2) is 21.9 Å². The first-order valence-electron chi connectivity index (χ1n) is 3.77. The van der Waals surface area contributed by atoms with Gasteiger partial charge in [0.15, 0.2) is 5.11 Å². The van der Waals surface area contributed by atoms with Crippen LogP contribution in [0.1, 0.15) is 5.69 Å². The van der Waals surface area contributed by atoms with E-state index >= 15 is 0 Å². The van der Waals surface area contributed by atoms with Crippen LogP contribution in [0.3, 0.4) is 0 Å². The molecule has 4 nitrogen and oxygen atoms in total. The molecule has 0 radical (unpaired) electrons. The van der Waals surface area contributed by atoms with Gasteiger partial charge in [0, 0.05) is 14.1 Å². The van der Waals surface area contributed by atoms with Gasteiger partial charge in [0.25, 0.3) is 0 Å². The van der Waals surface area contributed by atoms with Crippen molar-refractivity contribution in [2.24, 2.45) is 7.05 Å². The zero-order chi connectivity index (χ0) is 9.84. The molecule has 72 valence electrons. The van der Waals surface area contributed by atoms with Gasteiger partial charge in [-0.15, -0.1) is 0 Å². The van der Waals surface area contributed by atoms with Gasteiger partial charge in [-0.25, -0.2) is 0 Å². The zero-order valence-corrected chi connectivity index (χ0v) is 9.87. The SMILES string of the molecule is CNC(=S)NCc1c(Br)cnn1C. The number of halogens is 1. The lowest BCUT2D eigenvalue weighted by Crippen LogP contribution is -2.32. The van der Waals surface area contributed by atoms with Crippen molar-refractivity contribution in [3.05, 3.63) is 16.4 Å². The Kier molecular flexibility index (Phi) is 3.68. The van der Waals surface area contributed by atoms with Crippen LogP contribution in [0.15, 0.2) is 10.7 Å². The first-order chi connectivity index (χ1) is 6.15. The Morgan fingerprint density at radius 3 is 2.92 bits per heavy atom. The van der Waals surface area contributed by atoms with E-state index in [1.54, 1.807) is 17.9 Å². The molecule has 0 aliphatic rings. The molecule has 6 heteroatoms. The monoisotopic (exact) mass is 262 g/mol. The largest absolute Gasteiger partial charge is 0.366 e. The molecule has 13 heavy (non-hydrogen) atoms. The Labute approximate surface area is 90.8 Å². The Morgan fingerprint density at radius 2 is 2.46 bits per heavy atom. The minimum atomic E-state index is 0.633. The van der Waals surface area contributed by atoms with Gasteiger partial charge >= 0.3 is 0 Å². The second-order valence-electron chi connectivity index (χ2n) is 2.50. The quantitative estimate of drug-likeness (QED) is 0.774. The third-order valence-electron chi connectivity index (χ3n) is 1.65. The first-order valence-corrected chi connectivity index (χ1v) is 4.97. The number of thiocarbonyl (C=S) groups is 1. The number of aryl methyl sites for hydroxylation is 1. The van der Waals surface area contributed by atoms with Gasteiger partial charge in [0.1, 0.15) is 0 Å². The highest BCUT2D eigenvalue weighted by Crippen LogP contribution is 2.14. The Bertz CT molecular complexity index is 290. The van der Waals surface area contributed by atoms with E-state index in [9.17, 15) is 0 Å². The normalized spacial score (nSPS) is 9.77. The van der Waals surface area contributed by atoms with Gasteiger partial charge in [0.2, 0.25) is 0 Å². The fourth-order valence-electron chi connectivity index (χ4n) is 0.887. The lowest BCUT2D eigenvalue weighted by Gasteiger charge is -2.07. The Balaban J connectivity index is 2.58. The summed E-state index contributed by atoms with van der Waals surface area (Å²) in [5, 5.41) is 10.6. The number of hydrogen-bond acceptors (Lipinski definition) is 2. The third kappa shape index (κ3) is 2.67. The van der Waals surface area contributed by atoms with Crippen molar-refractivity contribution in [3.63, 3.8) is 0 Å². The fourth-order valence-corrected chi connectivity index (χ4v) is 1.45. The maximum absolute atomic E-state index is 4.95. The van der Waals surface area contributed by atoms with Crippen LogP contribution in [0.2, 0.25) is 0 Å². The lowest BCUT2D eigenvalue weighted by molar-refractivity contribution is 0.690. The molecular formula is C7H11BrN4S.